The van der Waals surface area contributed by atoms with Gasteiger partial charge in [-0.2, -0.15) is 20.4 Å². The zero-order chi connectivity index (χ0) is 71.3. The van der Waals surface area contributed by atoms with Crippen LogP contribution in [-0.2, 0) is 51.9 Å². The third kappa shape index (κ3) is 16.3. The van der Waals surface area contributed by atoms with Crippen molar-refractivity contribution in [3.63, 3.8) is 0 Å². The molecule has 0 saturated heterocycles. The van der Waals surface area contributed by atoms with Crippen molar-refractivity contribution in [1.29, 1.82) is 0 Å². The summed E-state index contributed by atoms with van der Waals surface area (Å²) in [5.41, 5.74) is 18.6. The van der Waals surface area contributed by atoms with Gasteiger partial charge in [0.2, 0.25) is 0 Å². The van der Waals surface area contributed by atoms with Crippen LogP contribution in [0.4, 0.5) is 50.7 Å². The van der Waals surface area contributed by atoms with Gasteiger partial charge in [-0.05, 0) is 171 Å². The van der Waals surface area contributed by atoms with Crippen LogP contribution in [0.5, 0.6) is 0 Å². The fourth-order valence-electron chi connectivity index (χ4n) is 16.6. The van der Waals surface area contributed by atoms with E-state index in [4.69, 9.17) is 23.2 Å². The zero-order valence-electron chi connectivity index (χ0n) is 59.4. The first-order chi connectivity index (χ1) is 49.3. The summed E-state index contributed by atoms with van der Waals surface area (Å²) in [5, 5.41) is 43.6. The highest BCUT2D eigenvalue weighted by molar-refractivity contribution is 6.31. The molecule has 4 aliphatic heterocycles. The van der Waals surface area contributed by atoms with Gasteiger partial charge in [0, 0.05) is 146 Å². The molecule has 4 aliphatic carbocycles. The molecule has 540 valence electrons. The topological polar surface area (TPSA) is 244 Å². The third-order valence-electron chi connectivity index (χ3n) is 22.3. The Morgan fingerprint density at radius 1 is 0.402 bits per heavy atom. The van der Waals surface area contributed by atoms with E-state index >= 15 is 0 Å². The lowest BCUT2D eigenvalue weighted by Crippen LogP contribution is -2.45. The van der Waals surface area contributed by atoms with Gasteiger partial charge in [-0.1, -0.05) is 92.8 Å². The highest BCUT2D eigenvalue weighted by Crippen LogP contribution is 2.42. The molecule has 8 amide bonds. The summed E-state index contributed by atoms with van der Waals surface area (Å²) in [4.78, 5) is 58.8. The average Bonchev–Trinajstić information content (AvgIpc) is 1.63. The Morgan fingerprint density at radius 2 is 0.706 bits per heavy atom. The Hall–Kier alpha value is -8.76. The van der Waals surface area contributed by atoms with E-state index in [1.54, 1.807) is 31.2 Å². The van der Waals surface area contributed by atoms with Gasteiger partial charge in [-0.25, -0.2) is 28.0 Å². The van der Waals surface area contributed by atoms with E-state index in [0.717, 1.165) is 59.7 Å². The highest BCUT2D eigenvalue weighted by atomic mass is 35.5. The van der Waals surface area contributed by atoms with Gasteiger partial charge in [0.25, 0.3) is 0 Å². The monoisotopic (exact) mass is 1430 g/mol. The summed E-state index contributed by atoms with van der Waals surface area (Å²) in [7, 11) is 0. The number of aromatic nitrogens is 8. The minimum atomic E-state index is -0.500. The van der Waals surface area contributed by atoms with Crippen LogP contribution < -0.4 is 21.3 Å². The SMILES string of the molecule is CC1Cc2[nH]nc(C3CCCC3)c2CN1C(=O)Nc1ccc(F)c(Cl)c1.CC1Cc2[nH]nc(C3CCCC3)c2CN1C(=O)Nc1cccc(Cl)c1.Cc1cc(NC(=O)N2Cc3c(C4CCCC4)n[nH]c3CC2C)ccc1F.Cc1cccc(NC(=O)N2Cc3c(C4CCCC4)n[nH]c3CC2C)c1. The predicted molar refractivity (Wildman–Crippen MR) is 395 cm³/mol. The van der Waals surface area contributed by atoms with Crippen molar-refractivity contribution in [2.75, 3.05) is 21.3 Å². The number of hydrogen-bond donors (Lipinski definition) is 8. The van der Waals surface area contributed by atoms with E-state index in [1.165, 1.54) is 178 Å². The molecule has 8 N–H and O–H groups in total. The molecule has 4 aromatic heterocycles. The maximum absolute atomic E-state index is 13.4. The van der Waals surface area contributed by atoms with E-state index in [2.05, 4.69) is 82.8 Å². The van der Waals surface area contributed by atoms with E-state index in [0.29, 0.717) is 71.8 Å². The molecule has 20 nitrogen and oxygen atoms in total. The fraction of sp³-hybridized carbons (Fsp3) is 0.487. The number of anilines is 4. The van der Waals surface area contributed by atoms with E-state index < -0.39 is 5.82 Å². The molecule has 0 spiro atoms. The number of nitrogens with one attached hydrogen (secondary N) is 8. The first-order valence-corrected chi connectivity index (χ1v) is 37.6. The predicted octanol–water partition coefficient (Wildman–Crippen LogP) is 18.4. The van der Waals surface area contributed by atoms with Crippen LogP contribution >= 0.6 is 23.2 Å². The van der Waals surface area contributed by atoms with E-state index in [1.807, 2.05) is 69.8 Å². The maximum Gasteiger partial charge on any atom is 0.322 e. The van der Waals surface area contributed by atoms with Crippen LogP contribution in [0.15, 0.2) is 84.9 Å². The first-order valence-electron chi connectivity index (χ1n) is 36.9. The van der Waals surface area contributed by atoms with Crippen LogP contribution in [0.3, 0.4) is 0 Å². The van der Waals surface area contributed by atoms with Crippen molar-refractivity contribution in [2.45, 2.75) is 244 Å². The van der Waals surface area contributed by atoms with Gasteiger partial charge in [0.05, 0.1) is 54.0 Å². The summed E-state index contributed by atoms with van der Waals surface area (Å²) in [6, 6.07) is 24.0. The standard InChI is InChI=1S/C20H25FN4O.C20H26N4O.C19H22ClFN4O.C19H23ClN4O/c1-12-9-15(7-8-17(12)21)22-20(26)25-11-16-18(10-13(25)2)23-24-19(16)14-5-3-4-6-14;1-13-6-5-9-16(10-13)21-20(25)24-12-17-18(11-14(24)2)22-23-19(17)15-7-3-4-8-15;1-11-8-17-14(18(24-23-17)12-4-2-3-5-12)10-25(11)19(26)22-13-6-7-16(21)15(20)9-13;1-12-9-17-16(18(23-22-17)13-5-2-3-6-13)11-24(12)19(25)21-15-8-4-7-14(20)10-15/h7-9,13-14H,3-6,10-11H2,1-2H3,(H,22,26)(H,23,24);5-6,9-10,14-15H,3-4,7-8,11-12H2,1-2H3,(H,21,25)(H,22,23);6-7,9,11-12H,2-5,8,10H2,1H3,(H,22,26)(H,23,24);4,7-8,10,12-13H,2-3,5-6,9,11H2,1H3,(H,21,25)(H,22,23). The second kappa shape index (κ2) is 31.9. The molecule has 4 saturated carbocycles. The number of hydrogen-bond acceptors (Lipinski definition) is 8. The normalized spacial score (nSPS) is 20.4. The van der Waals surface area contributed by atoms with Crippen LogP contribution in [0.2, 0.25) is 10.0 Å². The molecule has 16 rings (SSSR count). The lowest BCUT2D eigenvalue weighted by Gasteiger charge is -2.33. The second-order valence-corrected chi connectivity index (χ2v) is 30.5. The van der Waals surface area contributed by atoms with Gasteiger partial charge >= 0.3 is 24.1 Å². The molecule has 4 unspecified atom stereocenters. The number of H-pyrrole nitrogens is 4. The smallest absolute Gasteiger partial charge is 0.317 e. The van der Waals surface area contributed by atoms with Crippen molar-refractivity contribution in [3.8, 4) is 0 Å². The van der Waals surface area contributed by atoms with Gasteiger partial charge in [-0.3, -0.25) is 20.4 Å². The fourth-order valence-corrected chi connectivity index (χ4v) is 17.0. The molecular weight excluding hydrogens is 1330 g/mol. The lowest BCUT2D eigenvalue weighted by atomic mass is 9.93. The number of aromatic amines is 4. The third-order valence-corrected chi connectivity index (χ3v) is 22.8. The largest absolute Gasteiger partial charge is 0.322 e. The van der Waals surface area contributed by atoms with Crippen molar-refractivity contribution >= 4 is 70.1 Å². The number of carbonyl (C=O) groups excluding carboxylic acids is 4. The Bertz CT molecular complexity index is 4030. The Morgan fingerprint density at radius 3 is 1.02 bits per heavy atom. The summed E-state index contributed by atoms with van der Waals surface area (Å²) < 4.78 is 26.8. The molecule has 4 aromatic carbocycles. The number of nitrogens with zero attached hydrogens (tertiary/aromatic N) is 8. The molecule has 0 bridgehead atoms. The average molecular weight is 1430 g/mol. The van der Waals surface area contributed by atoms with Gasteiger partial charge in [0.1, 0.15) is 11.6 Å². The highest BCUT2D eigenvalue weighted by Gasteiger charge is 2.38. The van der Waals surface area contributed by atoms with E-state index in [9.17, 15) is 28.0 Å². The lowest BCUT2D eigenvalue weighted by molar-refractivity contribution is 0.181. The minimum Gasteiger partial charge on any atom is -0.317 e. The van der Waals surface area contributed by atoms with Crippen LogP contribution in [0.1, 0.15) is 233 Å². The first kappa shape index (κ1) is 71.6. The van der Waals surface area contributed by atoms with Crippen LogP contribution in [-0.4, -0.2) is 109 Å². The Labute approximate surface area is 606 Å². The Balaban J connectivity index is 0.000000121. The number of amides is 8. The number of fused-ring (bicyclic) bond motifs is 4. The van der Waals surface area contributed by atoms with Gasteiger partial charge in [0.15, 0.2) is 0 Å². The number of aryl methyl sites for hydroxylation is 2. The summed E-state index contributed by atoms with van der Waals surface area (Å²) in [5.74, 6) is 1.37. The van der Waals surface area contributed by atoms with Crippen molar-refractivity contribution in [3.05, 3.63) is 186 Å². The van der Waals surface area contributed by atoms with Crippen molar-refractivity contribution < 1.29 is 28.0 Å². The molecular formula is C78H96Cl2F2N16O4. The molecule has 8 aliphatic rings. The second-order valence-electron chi connectivity index (χ2n) is 29.6. The van der Waals surface area contributed by atoms with E-state index in [-0.39, 0.29) is 59.1 Å². The van der Waals surface area contributed by atoms with Gasteiger partial charge in [-0.15, -0.1) is 0 Å². The summed E-state index contributed by atoms with van der Waals surface area (Å²) in [6.45, 7) is 14.4. The number of rotatable bonds is 8. The molecule has 24 heteroatoms. The van der Waals surface area contributed by atoms with Crippen LogP contribution in [0, 0.1) is 25.5 Å². The summed E-state index contributed by atoms with van der Waals surface area (Å²) >= 11 is 11.8. The number of halogens is 4. The molecule has 4 fully saturated rings. The van der Waals surface area contributed by atoms with Crippen LogP contribution in [0.25, 0.3) is 0 Å². The maximum atomic E-state index is 13.4. The number of urea groups is 4. The Kier molecular flexibility index (Phi) is 22.4. The molecule has 8 aromatic rings. The van der Waals surface area contributed by atoms with Crippen molar-refractivity contribution in [1.82, 2.24) is 60.4 Å². The summed E-state index contributed by atoms with van der Waals surface area (Å²) in [6.07, 6.45) is 23.0. The minimum absolute atomic E-state index is 0.00451. The molecule has 4 atom stereocenters. The molecule has 0 radical (unpaired) electrons. The quantitative estimate of drug-likeness (QED) is 0.0725. The number of benzene rings is 4. The van der Waals surface area contributed by atoms with Gasteiger partial charge < -0.3 is 40.9 Å². The number of carbonyl (C=O) groups is 4. The zero-order valence-corrected chi connectivity index (χ0v) is 60.9. The molecule has 102 heavy (non-hydrogen) atoms. The van der Waals surface area contributed by atoms with Crippen molar-refractivity contribution in [2.24, 2.45) is 0 Å². The molecule has 8 heterocycles.